The maximum Gasteiger partial charge on any atom is 0.193 e. The van der Waals surface area contributed by atoms with Crippen LogP contribution in [0.25, 0.3) is 0 Å². The number of hydrogen-bond donors (Lipinski definition) is 1. The molecule has 1 fully saturated rings. The van der Waals surface area contributed by atoms with Crippen LogP contribution in [-0.4, -0.2) is 76.0 Å². The Morgan fingerprint density at radius 2 is 1.79 bits per heavy atom. The molecule has 0 aromatic heterocycles. The van der Waals surface area contributed by atoms with E-state index in [0.29, 0.717) is 13.0 Å². The summed E-state index contributed by atoms with van der Waals surface area (Å²) in [5.41, 5.74) is 1.16. The highest BCUT2D eigenvalue weighted by molar-refractivity contribution is 7.90. The lowest BCUT2D eigenvalue weighted by Crippen LogP contribution is -2.53. The molecular formula is C20H33ClN4O2S. The summed E-state index contributed by atoms with van der Waals surface area (Å²) in [5.74, 6) is 1.10. The number of hydrogen-bond acceptors (Lipinski definition) is 4. The standard InChI is InChI=1S/C20H33ClN4O2S/c1-20(2,9-14-28(4,26)27)16-23-19(22-3)25-12-10-24(11-13-25)15-17-5-7-18(21)8-6-17/h5-8H,9-16H2,1-4H3,(H,22,23). The number of benzene rings is 1. The predicted octanol–water partition coefficient (Wildman–Crippen LogP) is 2.49. The van der Waals surface area contributed by atoms with Gasteiger partial charge in [-0.3, -0.25) is 9.89 Å². The molecule has 6 nitrogen and oxygen atoms in total. The van der Waals surface area contributed by atoms with E-state index in [0.717, 1.165) is 43.7 Å². The highest BCUT2D eigenvalue weighted by atomic mass is 35.5. The van der Waals surface area contributed by atoms with E-state index >= 15 is 0 Å². The van der Waals surface area contributed by atoms with Crippen LogP contribution in [0.5, 0.6) is 0 Å². The van der Waals surface area contributed by atoms with E-state index < -0.39 is 9.84 Å². The van der Waals surface area contributed by atoms with E-state index in [1.165, 1.54) is 11.8 Å². The van der Waals surface area contributed by atoms with E-state index in [9.17, 15) is 8.42 Å². The van der Waals surface area contributed by atoms with Crippen LogP contribution in [0.3, 0.4) is 0 Å². The summed E-state index contributed by atoms with van der Waals surface area (Å²) in [6, 6.07) is 8.02. The summed E-state index contributed by atoms with van der Waals surface area (Å²) in [6.07, 6.45) is 1.92. The van der Waals surface area contributed by atoms with Crippen LogP contribution >= 0.6 is 11.6 Å². The molecule has 0 amide bonds. The molecular weight excluding hydrogens is 396 g/mol. The molecule has 0 atom stereocenters. The molecule has 1 saturated heterocycles. The van der Waals surface area contributed by atoms with Crippen LogP contribution in [0.4, 0.5) is 0 Å². The maximum absolute atomic E-state index is 11.4. The minimum absolute atomic E-state index is 0.116. The molecule has 158 valence electrons. The van der Waals surface area contributed by atoms with Gasteiger partial charge in [0.05, 0.1) is 5.75 Å². The summed E-state index contributed by atoms with van der Waals surface area (Å²) in [6.45, 7) is 9.57. The number of halogens is 1. The van der Waals surface area contributed by atoms with Crippen LogP contribution in [0, 0.1) is 5.41 Å². The molecule has 0 saturated carbocycles. The molecule has 28 heavy (non-hydrogen) atoms. The van der Waals surface area contributed by atoms with Gasteiger partial charge in [0.1, 0.15) is 9.84 Å². The average molecular weight is 429 g/mol. The number of nitrogens with zero attached hydrogens (tertiary/aromatic N) is 3. The van der Waals surface area contributed by atoms with Gasteiger partial charge in [-0.2, -0.15) is 0 Å². The summed E-state index contributed by atoms with van der Waals surface area (Å²) < 4.78 is 22.9. The SMILES string of the molecule is CN=C(NCC(C)(C)CCS(C)(=O)=O)N1CCN(Cc2ccc(Cl)cc2)CC1. The third-order valence-electron chi connectivity index (χ3n) is 5.08. The number of rotatable bonds is 7. The van der Waals surface area contributed by atoms with Crippen LogP contribution in [0.2, 0.25) is 5.02 Å². The predicted molar refractivity (Wildman–Crippen MR) is 118 cm³/mol. The molecule has 1 aliphatic heterocycles. The number of guanidine groups is 1. The van der Waals surface area contributed by atoms with Crippen LogP contribution in [-0.2, 0) is 16.4 Å². The molecule has 0 aliphatic carbocycles. The molecule has 0 unspecified atom stereocenters. The summed E-state index contributed by atoms with van der Waals surface area (Å²) >= 11 is 5.96. The first kappa shape index (κ1) is 23.0. The van der Waals surface area contributed by atoms with Crippen LogP contribution < -0.4 is 5.32 Å². The van der Waals surface area contributed by atoms with Gasteiger partial charge >= 0.3 is 0 Å². The van der Waals surface area contributed by atoms with Crippen molar-refractivity contribution >= 4 is 27.4 Å². The van der Waals surface area contributed by atoms with Gasteiger partial charge in [-0.15, -0.1) is 0 Å². The first-order valence-corrected chi connectivity index (χ1v) is 12.1. The van der Waals surface area contributed by atoms with Gasteiger partial charge in [-0.1, -0.05) is 37.6 Å². The van der Waals surface area contributed by atoms with Crippen LogP contribution in [0.15, 0.2) is 29.3 Å². The lowest BCUT2D eigenvalue weighted by atomic mass is 9.90. The van der Waals surface area contributed by atoms with E-state index in [2.05, 4.69) is 46.1 Å². The highest BCUT2D eigenvalue weighted by Crippen LogP contribution is 2.20. The van der Waals surface area contributed by atoms with Gasteiger partial charge in [0, 0.05) is 57.6 Å². The highest BCUT2D eigenvalue weighted by Gasteiger charge is 2.24. The monoisotopic (exact) mass is 428 g/mol. The Morgan fingerprint density at radius 3 is 2.32 bits per heavy atom. The van der Waals surface area contributed by atoms with E-state index in [-0.39, 0.29) is 11.2 Å². The minimum atomic E-state index is -2.94. The molecule has 2 rings (SSSR count). The summed E-state index contributed by atoms with van der Waals surface area (Å²) in [7, 11) is -1.14. The fourth-order valence-electron chi connectivity index (χ4n) is 3.17. The molecule has 1 aromatic rings. The van der Waals surface area contributed by atoms with Crippen molar-refractivity contribution in [3.05, 3.63) is 34.9 Å². The van der Waals surface area contributed by atoms with Gasteiger partial charge in [0.25, 0.3) is 0 Å². The molecule has 1 aromatic carbocycles. The Balaban J connectivity index is 1.80. The normalized spacial score (nSPS) is 17.0. The van der Waals surface area contributed by atoms with Crippen molar-refractivity contribution in [2.24, 2.45) is 10.4 Å². The second-order valence-electron chi connectivity index (χ2n) is 8.33. The maximum atomic E-state index is 11.4. The molecule has 1 aliphatic rings. The van der Waals surface area contributed by atoms with E-state index in [4.69, 9.17) is 11.6 Å². The zero-order valence-electron chi connectivity index (χ0n) is 17.4. The van der Waals surface area contributed by atoms with Gasteiger partial charge in [-0.05, 0) is 29.5 Å². The van der Waals surface area contributed by atoms with Crippen molar-refractivity contribution in [2.45, 2.75) is 26.8 Å². The van der Waals surface area contributed by atoms with Crippen molar-refractivity contribution in [3.63, 3.8) is 0 Å². The van der Waals surface area contributed by atoms with Crippen molar-refractivity contribution in [3.8, 4) is 0 Å². The Labute approximate surface area is 174 Å². The van der Waals surface area contributed by atoms with E-state index in [1.54, 1.807) is 7.05 Å². The first-order valence-electron chi connectivity index (χ1n) is 9.68. The van der Waals surface area contributed by atoms with E-state index in [1.807, 2.05) is 12.1 Å². The second-order valence-corrected chi connectivity index (χ2v) is 11.0. The lowest BCUT2D eigenvalue weighted by Gasteiger charge is -2.37. The minimum Gasteiger partial charge on any atom is -0.356 e. The number of sulfone groups is 1. The third kappa shape index (κ3) is 7.97. The second kappa shape index (κ2) is 9.94. The molecule has 1 N–H and O–H groups in total. The zero-order valence-corrected chi connectivity index (χ0v) is 19.0. The Kier molecular flexibility index (Phi) is 8.16. The average Bonchev–Trinajstić information content (AvgIpc) is 2.63. The molecule has 8 heteroatoms. The van der Waals surface area contributed by atoms with Crippen molar-refractivity contribution in [1.82, 2.24) is 15.1 Å². The Morgan fingerprint density at radius 1 is 1.18 bits per heavy atom. The van der Waals surface area contributed by atoms with Gasteiger partial charge in [0.15, 0.2) is 5.96 Å². The lowest BCUT2D eigenvalue weighted by molar-refractivity contribution is 0.171. The Bertz CT molecular complexity index is 755. The van der Waals surface area contributed by atoms with Crippen LogP contribution in [0.1, 0.15) is 25.8 Å². The molecule has 0 spiro atoms. The number of nitrogens with one attached hydrogen (secondary N) is 1. The largest absolute Gasteiger partial charge is 0.356 e. The Hall–Kier alpha value is -1.31. The topological polar surface area (TPSA) is 65.0 Å². The fraction of sp³-hybridized carbons (Fsp3) is 0.650. The van der Waals surface area contributed by atoms with Crippen molar-refractivity contribution in [2.75, 3.05) is 51.8 Å². The fourth-order valence-corrected chi connectivity index (χ4v) is 4.22. The summed E-state index contributed by atoms with van der Waals surface area (Å²) in [4.78, 5) is 9.12. The quantitative estimate of drug-likeness (QED) is 0.534. The molecule has 0 radical (unpaired) electrons. The van der Waals surface area contributed by atoms with Gasteiger partial charge in [0.2, 0.25) is 0 Å². The zero-order chi connectivity index (χ0) is 20.8. The van der Waals surface area contributed by atoms with Gasteiger partial charge < -0.3 is 10.2 Å². The smallest absolute Gasteiger partial charge is 0.193 e. The first-order chi connectivity index (χ1) is 13.1. The number of piperazine rings is 1. The van der Waals surface area contributed by atoms with Crippen molar-refractivity contribution in [1.29, 1.82) is 0 Å². The molecule has 1 heterocycles. The summed E-state index contributed by atoms with van der Waals surface area (Å²) in [5, 5.41) is 4.20. The van der Waals surface area contributed by atoms with Crippen molar-refractivity contribution < 1.29 is 8.42 Å². The third-order valence-corrected chi connectivity index (χ3v) is 6.28. The molecule has 0 bridgehead atoms. The van der Waals surface area contributed by atoms with Gasteiger partial charge in [-0.25, -0.2) is 8.42 Å². The number of aliphatic imine (C=N–C) groups is 1.